The molecule has 100 valence electrons. The van der Waals surface area contributed by atoms with Crippen molar-refractivity contribution >= 4 is 5.82 Å². The van der Waals surface area contributed by atoms with Gasteiger partial charge in [0.1, 0.15) is 5.82 Å². The van der Waals surface area contributed by atoms with E-state index in [1.54, 1.807) is 0 Å². The number of rotatable bonds is 5. The molecule has 1 N–H and O–H groups in total. The van der Waals surface area contributed by atoms with Gasteiger partial charge >= 0.3 is 0 Å². The Labute approximate surface area is 109 Å². The first-order valence-electron chi connectivity index (χ1n) is 6.64. The maximum Gasteiger partial charge on any atom is 0.128 e. The second-order valence-corrected chi connectivity index (χ2v) is 4.96. The molecule has 4 nitrogen and oxygen atoms in total. The summed E-state index contributed by atoms with van der Waals surface area (Å²) in [5.74, 6) is 1.03. The SMILES string of the molecule is CNCc1ccc(N(C)CC2CCCO2)nc1C. The Kier molecular flexibility index (Phi) is 4.55. The lowest BCUT2D eigenvalue weighted by Crippen LogP contribution is -2.29. The monoisotopic (exact) mass is 249 g/mol. The second-order valence-electron chi connectivity index (χ2n) is 4.96. The minimum absolute atomic E-state index is 0.370. The molecule has 0 amide bonds. The number of nitrogens with zero attached hydrogens (tertiary/aromatic N) is 2. The first-order chi connectivity index (χ1) is 8.70. The quantitative estimate of drug-likeness (QED) is 0.862. The van der Waals surface area contributed by atoms with Crippen molar-refractivity contribution in [1.29, 1.82) is 0 Å². The fraction of sp³-hybridized carbons (Fsp3) is 0.643. The molecular formula is C14H23N3O. The third-order valence-electron chi connectivity index (χ3n) is 3.44. The summed E-state index contributed by atoms with van der Waals surface area (Å²) in [5, 5.41) is 3.16. The molecule has 1 aliphatic rings. The molecule has 0 bridgehead atoms. The van der Waals surface area contributed by atoms with E-state index in [4.69, 9.17) is 4.74 Å². The number of pyridine rings is 1. The fourth-order valence-corrected chi connectivity index (χ4v) is 2.35. The highest BCUT2D eigenvalue weighted by Gasteiger charge is 2.18. The Balaban J connectivity index is 2.01. The fourth-order valence-electron chi connectivity index (χ4n) is 2.35. The van der Waals surface area contributed by atoms with Crippen LogP contribution >= 0.6 is 0 Å². The molecule has 4 heteroatoms. The molecule has 0 spiro atoms. The summed E-state index contributed by atoms with van der Waals surface area (Å²) in [6.45, 7) is 4.77. The van der Waals surface area contributed by atoms with Gasteiger partial charge in [-0.1, -0.05) is 6.07 Å². The van der Waals surface area contributed by atoms with E-state index in [-0.39, 0.29) is 0 Å². The van der Waals surface area contributed by atoms with Gasteiger partial charge < -0.3 is 15.0 Å². The summed E-state index contributed by atoms with van der Waals surface area (Å²) in [7, 11) is 4.04. The molecule has 1 saturated heterocycles. The number of hydrogen-bond donors (Lipinski definition) is 1. The summed E-state index contributed by atoms with van der Waals surface area (Å²) >= 11 is 0. The van der Waals surface area contributed by atoms with Crippen LogP contribution in [-0.2, 0) is 11.3 Å². The molecule has 0 aliphatic carbocycles. The normalized spacial score (nSPS) is 19.2. The molecule has 1 fully saturated rings. The van der Waals surface area contributed by atoms with Crippen molar-refractivity contribution in [2.75, 3.05) is 32.1 Å². The van der Waals surface area contributed by atoms with Crippen LogP contribution in [0.15, 0.2) is 12.1 Å². The van der Waals surface area contributed by atoms with E-state index in [1.165, 1.54) is 18.4 Å². The molecule has 1 unspecified atom stereocenters. The third kappa shape index (κ3) is 3.21. The smallest absolute Gasteiger partial charge is 0.128 e. The van der Waals surface area contributed by atoms with Crippen LogP contribution in [0.25, 0.3) is 0 Å². The highest BCUT2D eigenvalue weighted by Crippen LogP contribution is 2.18. The summed E-state index contributed by atoms with van der Waals surface area (Å²) in [6, 6.07) is 4.24. The lowest BCUT2D eigenvalue weighted by Gasteiger charge is -2.22. The first kappa shape index (κ1) is 13.3. The van der Waals surface area contributed by atoms with Crippen molar-refractivity contribution in [2.24, 2.45) is 0 Å². The van der Waals surface area contributed by atoms with E-state index in [2.05, 4.69) is 41.3 Å². The van der Waals surface area contributed by atoms with Crippen LogP contribution < -0.4 is 10.2 Å². The number of anilines is 1. The van der Waals surface area contributed by atoms with Gasteiger partial charge in [0.25, 0.3) is 0 Å². The van der Waals surface area contributed by atoms with Gasteiger partial charge in [-0.25, -0.2) is 4.98 Å². The van der Waals surface area contributed by atoms with E-state index >= 15 is 0 Å². The van der Waals surface area contributed by atoms with Crippen molar-refractivity contribution in [3.63, 3.8) is 0 Å². The van der Waals surface area contributed by atoms with Gasteiger partial charge in [0.15, 0.2) is 0 Å². The summed E-state index contributed by atoms with van der Waals surface area (Å²) in [6.07, 6.45) is 2.72. The van der Waals surface area contributed by atoms with Gasteiger partial charge in [-0.2, -0.15) is 0 Å². The largest absolute Gasteiger partial charge is 0.376 e. The first-order valence-corrected chi connectivity index (χ1v) is 6.64. The van der Waals surface area contributed by atoms with Crippen molar-refractivity contribution < 1.29 is 4.74 Å². The zero-order chi connectivity index (χ0) is 13.0. The standard InChI is InChI=1S/C14H23N3O/c1-11-12(9-15-2)6-7-14(16-11)17(3)10-13-5-4-8-18-13/h6-7,13,15H,4-5,8-10H2,1-3H3. The van der Waals surface area contributed by atoms with Gasteiger partial charge in [-0.05, 0) is 38.4 Å². The Hall–Kier alpha value is -1.13. The number of hydrogen-bond acceptors (Lipinski definition) is 4. The van der Waals surface area contributed by atoms with Crippen molar-refractivity contribution in [3.05, 3.63) is 23.4 Å². The maximum atomic E-state index is 5.66. The van der Waals surface area contributed by atoms with Gasteiger partial charge in [0.2, 0.25) is 0 Å². The highest BCUT2D eigenvalue weighted by molar-refractivity contribution is 5.41. The molecule has 0 aromatic carbocycles. The Morgan fingerprint density at radius 1 is 1.50 bits per heavy atom. The van der Waals surface area contributed by atoms with Gasteiger partial charge in [0, 0.05) is 32.4 Å². The van der Waals surface area contributed by atoms with Crippen LogP contribution in [0.4, 0.5) is 5.82 Å². The molecule has 0 saturated carbocycles. The number of aryl methyl sites for hydroxylation is 1. The van der Waals surface area contributed by atoms with Crippen LogP contribution in [0.3, 0.4) is 0 Å². The predicted molar refractivity (Wildman–Crippen MR) is 74.0 cm³/mol. The summed E-state index contributed by atoms with van der Waals surface area (Å²) in [5.41, 5.74) is 2.35. The van der Waals surface area contributed by atoms with Gasteiger partial charge in [-0.15, -0.1) is 0 Å². The third-order valence-corrected chi connectivity index (χ3v) is 3.44. The molecule has 1 aromatic heterocycles. The lowest BCUT2D eigenvalue weighted by atomic mass is 10.2. The van der Waals surface area contributed by atoms with E-state index in [9.17, 15) is 0 Å². The molecule has 1 aliphatic heterocycles. The van der Waals surface area contributed by atoms with Crippen LogP contribution in [0, 0.1) is 6.92 Å². The number of nitrogens with one attached hydrogen (secondary N) is 1. The van der Waals surface area contributed by atoms with Crippen molar-refractivity contribution in [2.45, 2.75) is 32.4 Å². The second kappa shape index (κ2) is 6.16. The van der Waals surface area contributed by atoms with E-state index in [0.717, 1.165) is 31.2 Å². The Morgan fingerprint density at radius 3 is 2.94 bits per heavy atom. The van der Waals surface area contributed by atoms with Crippen molar-refractivity contribution in [3.8, 4) is 0 Å². The predicted octanol–water partition coefficient (Wildman–Crippen LogP) is 1.72. The highest BCUT2D eigenvalue weighted by atomic mass is 16.5. The Bertz CT molecular complexity index is 389. The molecule has 0 radical (unpaired) electrons. The molecule has 2 rings (SSSR count). The molecule has 1 aromatic rings. The average Bonchev–Trinajstić information content (AvgIpc) is 2.84. The van der Waals surface area contributed by atoms with Crippen LogP contribution in [0.2, 0.25) is 0 Å². The van der Waals surface area contributed by atoms with Crippen LogP contribution in [0.5, 0.6) is 0 Å². The van der Waals surface area contributed by atoms with Gasteiger partial charge in [0.05, 0.1) is 6.10 Å². The van der Waals surface area contributed by atoms with E-state index < -0.39 is 0 Å². The average molecular weight is 249 g/mol. The minimum atomic E-state index is 0.370. The van der Waals surface area contributed by atoms with Crippen LogP contribution in [-0.4, -0.2) is 38.3 Å². The molecule has 18 heavy (non-hydrogen) atoms. The molecule has 1 atom stereocenters. The summed E-state index contributed by atoms with van der Waals surface area (Å²) < 4.78 is 5.66. The molecule has 2 heterocycles. The Morgan fingerprint density at radius 2 is 2.33 bits per heavy atom. The maximum absolute atomic E-state index is 5.66. The van der Waals surface area contributed by atoms with Crippen molar-refractivity contribution in [1.82, 2.24) is 10.3 Å². The zero-order valence-electron chi connectivity index (χ0n) is 11.6. The number of aromatic nitrogens is 1. The molecular weight excluding hydrogens is 226 g/mol. The summed E-state index contributed by atoms with van der Waals surface area (Å²) in [4.78, 5) is 6.85. The van der Waals surface area contributed by atoms with E-state index in [1.807, 2.05) is 7.05 Å². The lowest BCUT2D eigenvalue weighted by molar-refractivity contribution is 0.116. The minimum Gasteiger partial charge on any atom is -0.376 e. The van der Waals surface area contributed by atoms with Gasteiger partial charge in [-0.3, -0.25) is 0 Å². The van der Waals surface area contributed by atoms with E-state index in [0.29, 0.717) is 6.10 Å². The number of ether oxygens (including phenoxy) is 1. The van der Waals surface area contributed by atoms with Crippen LogP contribution in [0.1, 0.15) is 24.1 Å². The number of likely N-dealkylation sites (N-methyl/N-ethyl adjacent to an activating group) is 1. The zero-order valence-corrected chi connectivity index (χ0v) is 11.6. The topological polar surface area (TPSA) is 37.4 Å².